The van der Waals surface area contributed by atoms with E-state index >= 15 is 0 Å². The molecule has 0 radical (unpaired) electrons. The van der Waals surface area contributed by atoms with Crippen LogP contribution in [0.3, 0.4) is 0 Å². The zero-order chi connectivity index (χ0) is 28.4. The highest BCUT2D eigenvalue weighted by Crippen LogP contribution is 2.13. The molecule has 2 aromatic rings. The van der Waals surface area contributed by atoms with E-state index in [9.17, 15) is 34.2 Å². The quantitative estimate of drug-likeness (QED) is 0.146. The highest BCUT2D eigenvalue weighted by molar-refractivity contribution is 5.95. The molecule has 0 aliphatic rings. The number of hydrogen-bond acceptors (Lipinski definition) is 8. The molecule has 4 unspecified atom stereocenters. The minimum atomic E-state index is -1.70. The largest absolute Gasteiger partial charge is 0.508 e. The minimum absolute atomic E-state index is 0.00579. The second kappa shape index (κ2) is 13.7. The van der Waals surface area contributed by atoms with Crippen molar-refractivity contribution in [3.8, 4) is 5.75 Å². The summed E-state index contributed by atoms with van der Waals surface area (Å²) in [5.41, 5.74) is 7.19. The highest BCUT2D eigenvalue weighted by Gasteiger charge is 2.32. The first-order chi connectivity index (χ1) is 17.9. The van der Waals surface area contributed by atoms with Gasteiger partial charge >= 0.3 is 11.9 Å². The number of carbonyl (C=O) groups excluding carboxylic acids is 3. The monoisotopic (exact) mass is 532 g/mol. The van der Waals surface area contributed by atoms with Gasteiger partial charge in [0.05, 0.1) is 18.8 Å². The molecule has 0 aliphatic heterocycles. The Morgan fingerprint density at radius 1 is 0.921 bits per heavy atom. The van der Waals surface area contributed by atoms with E-state index in [0.29, 0.717) is 11.3 Å². The van der Waals surface area contributed by atoms with E-state index in [0.717, 1.165) is 0 Å². The lowest BCUT2D eigenvalue weighted by Crippen LogP contribution is -2.59. The molecule has 1 heterocycles. The molecule has 0 spiro atoms. The molecular formula is C24H32N6O8. The van der Waals surface area contributed by atoms with Crippen LogP contribution in [0.25, 0.3) is 0 Å². The van der Waals surface area contributed by atoms with E-state index in [-0.39, 0.29) is 18.6 Å². The second-order valence-corrected chi connectivity index (χ2v) is 9.05. The molecule has 206 valence electrons. The van der Waals surface area contributed by atoms with Gasteiger partial charge in [-0.15, -0.1) is 0 Å². The number of aromatic hydroxyl groups is 1. The number of nitrogens with two attached hydrogens (primary N) is 1. The van der Waals surface area contributed by atoms with Crippen molar-refractivity contribution < 1.29 is 39.3 Å². The van der Waals surface area contributed by atoms with Crippen LogP contribution in [-0.4, -0.2) is 79.1 Å². The fourth-order valence-electron chi connectivity index (χ4n) is 3.51. The number of phenols is 1. The lowest BCUT2D eigenvalue weighted by molar-refractivity contribution is -0.147. The first kappa shape index (κ1) is 29.8. The van der Waals surface area contributed by atoms with Gasteiger partial charge in [0.25, 0.3) is 0 Å². The Kier molecular flexibility index (Phi) is 10.8. The number of nitrogens with zero attached hydrogens (tertiary/aromatic N) is 1. The van der Waals surface area contributed by atoms with Gasteiger partial charge in [-0.05, 0) is 23.6 Å². The summed E-state index contributed by atoms with van der Waals surface area (Å²) in [6.45, 7) is 3.21. The summed E-state index contributed by atoms with van der Waals surface area (Å²) in [6.07, 6.45) is 2.19. The van der Waals surface area contributed by atoms with Gasteiger partial charge in [-0.1, -0.05) is 26.0 Å². The third-order valence-corrected chi connectivity index (χ3v) is 5.58. The predicted molar refractivity (Wildman–Crippen MR) is 133 cm³/mol. The number of carboxylic acid groups (broad SMARTS) is 2. The Morgan fingerprint density at radius 3 is 2.08 bits per heavy atom. The van der Waals surface area contributed by atoms with E-state index < -0.39 is 66.2 Å². The Hall–Kier alpha value is -4.46. The number of aromatic nitrogens is 2. The summed E-state index contributed by atoms with van der Waals surface area (Å²) in [5, 5.41) is 35.0. The first-order valence-electron chi connectivity index (χ1n) is 11.7. The number of imidazole rings is 1. The Labute approximate surface area is 218 Å². The summed E-state index contributed by atoms with van der Waals surface area (Å²) < 4.78 is 0. The fourth-order valence-corrected chi connectivity index (χ4v) is 3.51. The van der Waals surface area contributed by atoms with Crippen LogP contribution in [-0.2, 0) is 36.8 Å². The fraction of sp³-hybridized carbons (Fsp3) is 0.417. The molecule has 1 aromatic carbocycles. The number of aromatic amines is 1. The van der Waals surface area contributed by atoms with E-state index in [1.807, 2.05) is 0 Å². The summed E-state index contributed by atoms with van der Waals surface area (Å²) in [6, 6.07) is 0.779. The smallest absolute Gasteiger partial charge is 0.326 e. The first-order valence-corrected chi connectivity index (χ1v) is 11.7. The maximum absolute atomic E-state index is 13.3. The van der Waals surface area contributed by atoms with Crippen molar-refractivity contribution in [1.29, 1.82) is 0 Å². The topological polar surface area (TPSA) is 237 Å². The van der Waals surface area contributed by atoms with Gasteiger partial charge in [-0.25, -0.2) is 9.78 Å². The van der Waals surface area contributed by atoms with Crippen molar-refractivity contribution >= 4 is 29.7 Å². The standard InChI is InChI=1S/C24H32N6O8/c1-12(2)20(23(36)29-18(24(37)38)9-19(32)33)30-22(35)17(7-13-3-5-15(31)6-4-13)28-21(34)16(25)8-14-10-26-11-27-14/h3-6,10-12,16-18,20,31H,7-9,25H2,1-2H3,(H,26,27)(H,28,34)(H,29,36)(H,30,35)(H,32,33)(H,37,38). The van der Waals surface area contributed by atoms with Crippen molar-refractivity contribution in [3.63, 3.8) is 0 Å². The maximum Gasteiger partial charge on any atom is 0.326 e. The number of carbonyl (C=O) groups is 5. The third-order valence-electron chi connectivity index (χ3n) is 5.58. The van der Waals surface area contributed by atoms with Crippen LogP contribution in [0, 0.1) is 5.92 Å². The highest BCUT2D eigenvalue weighted by atomic mass is 16.4. The molecule has 0 aliphatic carbocycles. The molecule has 2 rings (SSSR count). The number of rotatable bonds is 14. The number of phenolic OH excluding ortho intramolecular Hbond substituents is 1. The number of benzene rings is 1. The lowest BCUT2D eigenvalue weighted by Gasteiger charge is -2.27. The van der Waals surface area contributed by atoms with Crippen LogP contribution in [0.2, 0.25) is 0 Å². The molecule has 0 bridgehead atoms. The minimum Gasteiger partial charge on any atom is -0.508 e. The van der Waals surface area contributed by atoms with Gasteiger partial charge in [-0.2, -0.15) is 0 Å². The van der Waals surface area contributed by atoms with Gasteiger partial charge in [0.2, 0.25) is 17.7 Å². The number of amides is 3. The van der Waals surface area contributed by atoms with E-state index in [1.165, 1.54) is 24.7 Å². The van der Waals surface area contributed by atoms with Gasteiger partial charge in [-0.3, -0.25) is 19.2 Å². The van der Waals surface area contributed by atoms with Gasteiger partial charge in [0.1, 0.15) is 23.9 Å². The Morgan fingerprint density at radius 2 is 1.55 bits per heavy atom. The Bertz CT molecular complexity index is 1120. The summed E-state index contributed by atoms with van der Waals surface area (Å²) in [4.78, 5) is 67.9. The molecule has 14 nitrogen and oxygen atoms in total. The SMILES string of the molecule is CC(C)C(NC(=O)C(Cc1ccc(O)cc1)NC(=O)C(N)Cc1cnc[nH]1)C(=O)NC(CC(=O)O)C(=O)O. The summed E-state index contributed by atoms with van der Waals surface area (Å²) in [7, 11) is 0. The van der Waals surface area contributed by atoms with Crippen LogP contribution in [0.5, 0.6) is 5.75 Å². The molecule has 1 aromatic heterocycles. The molecule has 0 saturated carbocycles. The molecular weight excluding hydrogens is 500 g/mol. The number of H-pyrrole nitrogens is 1. The van der Waals surface area contributed by atoms with Crippen molar-refractivity contribution in [2.24, 2.45) is 11.7 Å². The van der Waals surface area contributed by atoms with Crippen LogP contribution >= 0.6 is 0 Å². The molecule has 9 N–H and O–H groups in total. The number of hydrogen-bond donors (Lipinski definition) is 8. The van der Waals surface area contributed by atoms with Crippen LogP contribution in [0.15, 0.2) is 36.8 Å². The van der Waals surface area contributed by atoms with Crippen molar-refractivity contribution in [2.45, 2.75) is 57.3 Å². The zero-order valence-electron chi connectivity index (χ0n) is 20.9. The van der Waals surface area contributed by atoms with Gasteiger partial charge < -0.3 is 42.0 Å². The average molecular weight is 533 g/mol. The molecule has 38 heavy (non-hydrogen) atoms. The molecule has 3 amide bonds. The zero-order valence-corrected chi connectivity index (χ0v) is 20.9. The normalized spacial score (nSPS) is 14.1. The average Bonchev–Trinajstić information content (AvgIpc) is 3.35. The van der Waals surface area contributed by atoms with Crippen LogP contribution < -0.4 is 21.7 Å². The van der Waals surface area contributed by atoms with Crippen LogP contribution in [0.1, 0.15) is 31.5 Å². The van der Waals surface area contributed by atoms with Crippen molar-refractivity contribution in [3.05, 3.63) is 48.0 Å². The summed E-state index contributed by atoms with van der Waals surface area (Å²) >= 11 is 0. The van der Waals surface area contributed by atoms with Gasteiger partial charge in [0.15, 0.2) is 0 Å². The van der Waals surface area contributed by atoms with Crippen LogP contribution in [0.4, 0.5) is 0 Å². The number of nitrogens with one attached hydrogen (secondary N) is 4. The van der Waals surface area contributed by atoms with Crippen molar-refractivity contribution in [2.75, 3.05) is 0 Å². The molecule has 0 fully saturated rings. The van der Waals surface area contributed by atoms with E-state index in [4.69, 9.17) is 10.8 Å². The molecule has 0 saturated heterocycles. The third kappa shape index (κ3) is 9.20. The van der Waals surface area contributed by atoms with E-state index in [1.54, 1.807) is 26.0 Å². The second-order valence-electron chi connectivity index (χ2n) is 9.05. The van der Waals surface area contributed by atoms with Crippen molar-refractivity contribution in [1.82, 2.24) is 25.9 Å². The molecule has 14 heteroatoms. The maximum atomic E-state index is 13.3. The summed E-state index contributed by atoms with van der Waals surface area (Å²) in [5.74, 6) is -5.77. The lowest BCUT2D eigenvalue weighted by atomic mass is 10.00. The predicted octanol–water partition coefficient (Wildman–Crippen LogP) is -1.10. The van der Waals surface area contributed by atoms with E-state index in [2.05, 4.69) is 25.9 Å². The number of aliphatic carboxylic acids is 2. The van der Waals surface area contributed by atoms with Gasteiger partial charge in [0, 0.05) is 24.7 Å². The molecule has 4 atom stereocenters. The number of carboxylic acids is 2. The Balaban J connectivity index is 2.21.